The van der Waals surface area contributed by atoms with Crippen LogP contribution in [0.4, 0.5) is 11.4 Å². The molecule has 154 valence electrons. The number of amides is 2. The summed E-state index contributed by atoms with van der Waals surface area (Å²) in [6.45, 7) is 3.90. The summed E-state index contributed by atoms with van der Waals surface area (Å²) in [6, 6.07) is 7.70. The highest BCUT2D eigenvalue weighted by atomic mass is 16.3. The maximum atomic E-state index is 12.2. The number of phenolic OH excluding ortho intramolecular Hbond substituents is 3. The lowest BCUT2D eigenvalue weighted by Crippen LogP contribution is -2.36. The lowest BCUT2D eigenvalue weighted by atomic mass is 10.0. The van der Waals surface area contributed by atoms with Gasteiger partial charge in [-0.2, -0.15) is 0 Å². The molecule has 0 bridgehead atoms. The topological polar surface area (TPSA) is 145 Å². The van der Waals surface area contributed by atoms with Crippen molar-refractivity contribution in [1.29, 1.82) is 0 Å². The van der Waals surface area contributed by atoms with E-state index >= 15 is 0 Å². The molecule has 0 unspecified atom stereocenters. The quantitative estimate of drug-likeness (QED) is 0.240. The Kier molecular flexibility index (Phi) is 7.21. The number of benzene rings is 2. The Bertz CT molecular complexity index is 925. The number of carbonyl (C=O) groups excluding carboxylic acids is 2. The molecule has 0 fully saturated rings. The average molecular weight is 399 g/mol. The van der Waals surface area contributed by atoms with Gasteiger partial charge in [0.1, 0.15) is 5.75 Å². The summed E-state index contributed by atoms with van der Waals surface area (Å²) < 4.78 is 0. The predicted octanol–water partition coefficient (Wildman–Crippen LogP) is 2.77. The third kappa shape index (κ3) is 6.54. The molecule has 0 spiro atoms. The van der Waals surface area contributed by atoms with E-state index in [0.717, 1.165) is 0 Å². The second-order valence-electron chi connectivity index (χ2n) is 7.03. The first-order chi connectivity index (χ1) is 13.7. The SMILES string of the molecule is CC(C)C[C@H](N)C(=O)Nc1cc(NC(=O)/C=C/c2ccc(O)c(O)c2)ccc1O. The van der Waals surface area contributed by atoms with E-state index < -0.39 is 17.9 Å². The molecule has 0 radical (unpaired) electrons. The number of phenols is 3. The highest BCUT2D eigenvalue weighted by Crippen LogP contribution is 2.27. The molecule has 0 saturated heterocycles. The van der Waals surface area contributed by atoms with E-state index in [-0.39, 0.29) is 28.9 Å². The van der Waals surface area contributed by atoms with E-state index in [1.54, 1.807) is 0 Å². The number of nitrogens with two attached hydrogens (primary N) is 1. The van der Waals surface area contributed by atoms with Crippen molar-refractivity contribution in [1.82, 2.24) is 0 Å². The molecule has 29 heavy (non-hydrogen) atoms. The van der Waals surface area contributed by atoms with Crippen molar-refractivity contribution in [3.05, 3.63) is 48.0 Å². The van der Waals surface area contributed by atoms with Gasteiger partial charge in [0.25, 0.3) is 0 Å². The lowest BCUT2D eigenvalue weighted by molar-refractivity contribution is -0.117. The van der Waals surface area contributed by atoms with Crippen LogP contribution in [-0.4, -0.2) is 33.2 Å². The molecule has 2 aromatic carbocycles. The van der Waals surface area contributed by atoms with Crippen molar-refractivity contribution in [2.45, 2.75) is 26.3 Å². The van der Waals surface area contributed by atoms with E-state index in [0.29, 0.717) is 17.7 Å². The summed E-state index contributed by atoms with van der Waals surface area (Å²) in [5.41, 5.74) is 6.86. The predicted molar refractivity (Wildman–Crippen MR) is 112 cm³/mol. The van der Waals surface area contributed by atoms with Gasteiger partial charge in [-0.1, -0.05) is 19.9 Å². The number of aromatic hydroxyl groups is 3. The molecular formula is C21H25N3O5. The standard InChI is InChI=1S/C21H25N3O5/c1-12(2)9-15(22)21(29)24-16-11-14(5-7-17(16)25)23-20(28)8-4-13-3-6-18(26)19(27)10-13/h3-8,10-12,15,25-27H,9,22H2,1-2H3,(H,23,28)(H,24,29)/b8-4+/t15-/m0/s1. The first-order valence-corrected chi connectivity index (χ1v) is 9.06. The van der Waals surface area contributed by atoms with Crippen LogP contribution in [0.3, 0.4) is 0 Å². The largest absolute Gasteiger partial charge is 0.506 e. The van der Waals surface area contributed by atoms with Crippen LogP contribution >= 0.6 is 0 Å². The Morgan fingerprint density at radius 1 is 1.00 bits per heavy atom. The normalized spacial score (nSPS) is 12.1. The second kappa shape index (κ2) is 9.61. The third-order valence-corrected chi connectivity index (χ3v) is 4.01. The molecule has 7 N–H and O–H groups in total. The third-order valence-electron chi connectivity index (χ3n) is 4.01. The van der Waals surface area contributed by atoms with E-state index in [9.17, 15) is 24.9 Å². The maximum Gasteiger partial charge on any atom is 0.248 e. The minimum absolute atomic E-state index is 0.138. The Morgan fingerprint density at radius 3 is 2.34 bits per heavy atom. The van der Waals surface area contributed by atoms with Crippen LogP contribution in [0.15, 0.2) is 42.5 Å². The fraction of sp³-hybridized carbons (Fsp3) is 0.238. The van der Waals surface area contributed by atoms with Gasteiger partial charge in [0.2, 0.25) is 11.8 Å². The highest BCUT2D eigenvalue weighted by molar-refractivity contribution is 6.03. The summed E-state index contributed by atoms with van der Waals surface area (Å²) in [7, 11) is 0. The number of rotatable bonds is 7. The second-order valence-corrected chi connectivity index (χ2v) is 7.03. The van der Waals surface area contributed by atoms with Crippen molar-refractivity contribution < 1.29 is 24.9 Å². The van der Waals surface area contributed by atoms with Crippen molar-refractivity contribution in [2.24, 2.45) is 11.7 Å². The number of hydrogen-bond donors (Lipinski definition) is 6. The minimum Gasteiger partial charge on any atom is -0.506 e. The lowest BCUT2D eigenvalue weighted by Gasteiger charge is -2.15. The van der Waals surface area contributed by atoms with Gasteiger partial charge in [-0.05, 0) is 54.3 Å². The zero-order valence-corrected chi connectivity index (χ0v) is 16.2. The van der Waals surface area contributed by atoms with Gasteiger partial charge in [-0.3, -0.25) is 9.59 Å². The number of nitrogens with one attached hydrogen (secondary N) is 2. The van der Waals surface area contributed by atoms with Crippen molar-refractivity contribution in [2.75, 3.05) is 10.6 Å². The highest BCUT2D eigenvalue weighted by Gasteiger charge is 2.16. The van der Waals surface area contributed by atoms with Crippen LogP contribution in [0, 0.1) is 5.92 Å². The molecule has 0 aromatic heterocycles. The van der Waals surface area contributed by atoms with E-state index in [1.807, 2.05) is 13.8 Å². The van der Waals surface area contributed by atoms with Crippen LogP contribution in [0.5, 0.6) is 17.2 Å². The summed E-state index contributed by atoms with van der Waals surface area (Å²) in [5.74, 6) is -1.33. The number of carbonyl (C=O) groups is 2. The molecule has 0 aliphatic heterocycles. The molecule has 8 nitrogen and oxygen atoms in total. The Balaban J connectivity index is 2.04. The molecular weight excluding hydrogens is 374 g/mol. The van der Waals surface area contributed by atoms with Crippen LogP contribution in [0.2, 0.25) is 0 Å². The van der Waals surface area contributed by atoms with Gasteiger partial charge >= 0.3 is 0 Å². The van der Waals surface area contributed by atoms with Crippen LogP contribution in [0.1, 0.15) is 25.8 Å². The summed E-state index contributed by atoms with van der Waals surface area (Å²) in [4.78, 5) is 24.3. The van der Waals surface area contributed by atoms with Gasteiger partial charge in [0.05, 0.1) is 11.7 Å². The maximum absolute atomic E-state index is 12.2. The van der Waals surface area contributed by atoms with Gasteiger partial charge in [0, 0.05) is 11.8 Å². The Labute approximate surface area is 168 Å². The summed E-state index contributed by atoms with van der Waals surface area (Å²) in [6.07, 6.45) is 3.21. The molecule has 2 aromatic rings. The van der Waals surface area contributed by atoms with Crippen LogP contribution < -0.4 is 16.4 Å². The van der Waals surface area contributed by atoms with Crippen molar-refractivity contribution >= 4 is 29.3 Å². The first kappa shape index (κ1) is 21.8. The van der Waals surface area contributed by atoms with Gasteiger partial charge in [0.15, 0.2) is 11.5 Å². The Hall–Kier alpha value is -3.52. The van der Waals surface area contributed by atoms with Crippen LogP contribution in [-0.2, 0) is 9.59 Å². The minimum atomic E-state index is -0.711. The monoisotopic (exact) mass is 399 g/mol. The van der Waals surface area contributed by atoms with Crippen molar-refractivity contribution in [3.8, 4) is 17.2 Å². The zero-order valence-electron chi connectivity index (χ0n) is 16.2. The van der Waals surface area contributed by atoms with Crippen molar-refractivity contribution in [3.63, 3.8) is 0 Å². The van der Waals surface area contributed by atoms with E-state index in [4.69, 9.17) is 5.73 Å². The van der Waals surface area contributed by atoms with Gasteiger partial charge < -0.3 is 31.7 Å². The molecule has 8 heteroatoms. The van der Waals surface area contributed by atoms with E-state index in [2.05, 4.69) is 10.6 Å². The van der Waals surface area contributed by atoms with Gasteiger partial charge in [-0.25, -0.2) is 0 Å². The molecule has 0 heterocycles. The van der Waals surface area contributed by atoms with E-state index in [1.165, 1.54) is 48.6 Å². The molecule has 0 aliphatic carbocycles. The average Bonchev–Trinajstić information content (AvgIpc) is 2.64. The Morgan fingerprint density at radius 2 is 1.69 bits per heavy atom. The molecule has 2 rings (SSSR count). The fourth-order valence-electron chi connectivity index (χ4n) is 2.55. The molecule has 0 saturated carbocycles. The smallest absolute Gasteiger partial charge is 0.248 e. The summed E-state index contributed by atoms with van der Waals surface area (Å²) in [5, 5.41) is 33.9. The molecule has 2 amide bonds. The number of anilines is 2. The molecule has 0 aliphatic rings. The summed E-state index contributed by atoms with van der Waals surface area (Å²) >= 11 is 0. The molecule has 1 atom stereocenters. The zero-order chi connectivity index (χ0) is 21.6. The van der Waals surface area contributed by atoms with Gasteiger partial charge in [-0.15, -0.1) is 0 Å². The fourth-order valence-corrected chi connectivity index (χ4v) is 2.55. The van der Waals surface area contributed by atoms with Crippen LogP contribution in [0.25, 0.3) is 6.08 Å². The first-order valence-electron chi connectivity index (χ1n) is 9.06. The number of hydrogen-bond acceptors (Lipinski definition) is 6.